The van der Waals surface area contributed by atoms with Crippen LogP contribution in [0.15, 0.2) is 36.4 Å². The summed E-state index contributed by atoms with van der Waals surface area (Å²) >= 11 is 18.9. The molecule has 4 rings (SSSR count). The molecule has 2 heterocycles. The quantitative estimate of drug-likeness (QED) is 0.615. The number of carbonyl (C=O) groups is 1. The maximum Gasteiger partial charge on any atom is 0.239 e. The lowest BCUT2D eigenvalue weighted by Gasteiger charge is -2.37. The molecular formula is C23H27Cl3N4O. The van der Waals surface area contributed by atoms with E-state index < -0.39 is 0 Å². The zero-order valence-electron chi connectivity index (χ0n) is 17.5. The second-order valence-corrected chi connectivity index (χ2v) is 9.41. The minimum absolute atomic E-state index is 0.000867. The maximum absolute atomic E-state index is 12.6. The maximum atomic E-state index is 12.6. The van der Waals surface area contributed by atoms with Gasteiger partial charge in [0, 0.05) is 41.9 Å². The number of rotatable bonds is 5. The first-order valence-corrected chi connectivity index (χ1v) is 11.8. The van der Waals surface area contributed by atoms with Gasteiger partial charge in [0.25, 0.3) is 0 Å². The van der Waals surface area contributed by atoms with E-state index in [1.165, 1.54) is 0 Å². The van der Waals surface area contributed by atoms with Gasteiger partial charge in [0.1, 0.15) is 0 Å². The summed E-state index contributed by atoms with van der Waals surface area (Å²) < 4.78 is 0. The number of carbonyl (C=O) groups excluding carboxylic acids is 1. The zero-order chi connectivity index (χ0) is 22.0. The standard InChI is InChI=1S/C23H27Cl3N4O/c1-15(18-6-4-16(24)13-20(18)26)28-22-14-17(5-7-19(22)25)29-9-11-30(12-10-29)23(31)21-3-2-8-27-21/h4-7,13-15,21,27-28H,2-3,8-12H2,1H3/t15-,21-/m1/s1. The highest BCUT2D eigenvalue weighted by Gasteiger charge is 2.29. The number of halogens is 3. The van der Waals surface area contributed by atoms with Crippen molar-refractivity contribution in [2.45, 2.75) is 31.8 Å². The van der Waals surface area contributed by atoms with E-state index in [0.29, 0.717) is 15.1 Å². The van der Waals surface area contributed by atoms with Crippen LogP contribution < -0.4 is 15.5 Å². The number of hydrogen-bond acceptors (Lipinski definition) is 4. The van der Waals surface area contributed by atoms with Crippen LogP contribution in [-0.4, -0.2) is 49.6 Å². The number of hydrogen-bond donors (Lipinski definition) is 2. The summed E-state index contributed by atoms with van der Waals surface area (Å²) in [4.78, 5) is 16.9. The normalized spacial score (nSPS) is 20.1. The van der Waals surface area contributed by atoms with Gasteiger partial charge in [-0.15, -0.1) is 0 Å². The smallest absolute Gasteiger partial charge is 0.239 e. The van der Waals surface area contributed by atoms with Crippen molar-refractivity contribution < 1.29 is 4.79 Å². The monoisotopic (exact) mass is 480 g/mol. The van der Waals surface area contributed by atoms with Crippen molar-refractivity contribution in [1.29, 1.82) is 0 Å². The Morgan fingerprint density at radius 2 is 1.84 bits per heavy atom. The summed E-state index contributed by atoms with van der Waals surface area (Å²) in [6.07, 6.45) is 2.03. The molecular weight excluding hydrogens is 455 g/mol. The third-order valence-electron chi connectivity index (χ3n) is 6.07. The highest BCUT2D eigenvalue weighted by molar-refractivity contribution is 6.35. The lowest BCUT2D eigenvalue weighted by Crippen LogP contribution is -2.53. The van der Waals surface area contributed by atoms with Crippen LogP contribution in [0.5, 0.6) is 0 Å². The van der Waals surface area contributed by atoms with E-state index >= 15 is 0 Å². The molecule has 0 saturated carbocycles. The largest absolute Gasteiger partial charge is 0.377 e. The molecule has 2 N–H and O–H groups in total. The first-order valence-electron chi connectivity index (χ1n) is 10.7. The van der Waals surface area contributed by atoms with Crippen LogP contribution in [0.3, 0.4) is 0 Å². The van der Waals surface area contributed by atoms with Crippen LogP contribution in [0.2, 0.25) is 15.1 Å². The molecule has 2 aliphatic heterocycles. The van der Waals surface area contributed by atoms with Gasteiger partial charge in [-0.2, -0.15) is 0 Å². The number of nitrogens with zero attached hydrogens (tertiary/aromatic N) is 2. The van der Waals surface area contributed by atoms with E-state index in [0.717, 1.165) is 62.5 Å². The molecule has 2 aromatic carbocycles. The summed E-state index contributed by atoms with van der Waals surface area (Å²) in [6, 6.07) is 11.5. The number of amides is 1. The highest BCUT2D eigenvalue weighted by Crippen LogP contribution is 2.33. The SMILES string of the molecule is C[C@@H](Nc1cc(N2CCN(C(=O)[C@H]3CCCN3)CC2)ccc1Cl)c1ccc(Cl)cc1Cl. The number of piperazine rings is 1. The van der Waals surface area contributed by atoms with E-state index in [1.807, 2.05) is 36.1 Å². The van der Waals surface area contributed by atoms with Crippen molar-refractivity contribution in [2.75, 3.05) is 42.9 Å². The van der Waals surface area contributed by atoms with Gasteiger partial charge in [-0.3, -0.25) is 4.79 Å². The van der Waals surface area contributed by atoms with E-state index in [4.69, 9.17) is 34.8 Å². The molecule has 2 atom stereocenters. The fourth-order valence-corrected chi connectivity index (χ4v) is 5.03. The van der Waals surface area contributed by atoms with E-state index in [9.17, 15) is 4.79 Å². The molecule has 8 heteroatoms. The predicted octanol–water partition coefficient (Wildman–Crippen LogP) is 5.22. The second kappa shape index (κ2) is 9.86. The number of benzene rings is 2. The van der Waals surface area contributed by atoms with Gasteiger partial charge < -0.3 is 20.4 Å². The Morgan fingerprint density at radius 1 is 1.06 bits per heavy atom. The van der Waals surface area contributed by atoms with Crippen LogP contribution in [0.4, 0.5) is 11.4 Å². The average Bonchev–Trinajstić information content (AvgIpc) is 3.30. The fraction of sp³-hybridized carbons (Fsp3) is 0.435. The average molecular weight is 482 g/mol. The van der Waals surface area contributed by atoms with Crippen molar-refractivity contribution in [2.24, 2.45) is 0 Å². The third-order valence-corrected chi connectivity index (χ3v) is 6.96. The highest BCUT2D eigenvalue weighted by atomic mass is 35.5. The fourth-order valence-electron chi connectivity index (χ4n) is 4.28. The third kappa shape index (κ3) is 5.23. The first-order chi connectivity index (χ1) is 14.9. The van der Waals surface area contributed by atoms with E-state index in [1.54, 1.807) is 6.07 Å². The molecule has 0 bridgehead atoms. The number of nitrogens with one attached hydrogen (secondary N) is 2. The molecule has 0 aliphatic carbocycles. The van der Waals surface area contributed by atoms with Gasteiger partial charge >= 0.3 is 0 Å². The minimum atomic E-state index is -0.0362. The molecule has 5 nitrogen and oxygen atoms in total. The van der Waals surface area contributed by atoms with Crippen LogP contribution >= 0.6 is 34.8 Å². The predicted molar refractivity (Wildman–Crippen MR) is 130 cm³/mol. The van der Waals surface area contributed by atoms with Crippen molar-refractivity contribution in [1.82, 2.24) is 10.2 Å². The van der Waals surface area contributed by atoms with E-state index in [-0.39, 0.29) is 18.0 Å². The zero-order valence-corrected chi connectivity index (χ0v) is 19.8. The Hall–Kier alpha value is -1.66. The molecule has 2 aliphatic rings. The van der Waals surface area contributed by atoms with Crippen LogP contribution in [-0.2, 0) is 4.79 Å². The summed E-state index contributed by atoms with van der Waals surface area (Å²) in [5.41, 5.74) is 2.90. The Bertz CT molecular complexity index is 940. The summed E-state index contributed by atoms with van der Waals surface area (Å²) in [6.45, 7) is 6.06. The Kier molecular flexibility index (Phi) is 7.17. The van der Waals surface area contributed by atoms with Gasteiger partial charge in [-0.05, 0) is 62.2 Å². The molecule has 2 aromatic rings. The molecule has 1 amide bonds. The van der Waals surface area contributed by atoms with Crippen LogP contribution in [0.1, 0.15) is 31.4 Å². The molecule has 31 heavy (non-hydrogen) atoms. The lowest BCUT2D eigenvalue weighted by molar-refractivity contribution is -0.133. The Labute approximate surface area is 198 Å². The Morgan fingerprint density at radius 3 is 2.52 bits per heavy atom. The molecule has 2 saturated heterocycles. The molecule has 166 valence electrons. The molecule has 0 radical (unpaired) electrons. The van der Waals surface area contributed by atoms with Crippen molar-refractivity contribution in [3.05, 3.63) is 57.0 Å². The Balaban J connectivity index is 1.41. The molecule has 2 fully saturated rings. The minimum Gasteiger partial charge on any atom is -0.377 e. The topological polar surface area (TPSA) is 47.6 Å². The second-order valence-electron chi connectivity index (χ2n) is 8.16. The van der Waals surface area contributed by atoms with Gasteiger partial charge in [-0.1, -0.05) is 40.9 Å². The number of anilines is 2. The first kappa shape index (κ1) is 22.5. The van der Waals surface area contributed by atoms with Gasteiger partial charge in [0.15, 0.2) is 0 Å². The van der Waals surface area contributed by atoms with Crippen molar-refractivity contribution in [3.63, 3.8) is 0 Å². The van der Waals surface area contributed by atoms with Crippen molar-refractivity contribution >= 4 is 52.1 Å². The van der Waals surface area contributed by atoms with Gasteiger partial charge in [-0.25, -0.2) is 0 Å². The van der Waals surface area contributed by atoms with E-state index in [2.05, 4.69) is 21.6 Å². The van der Waals surface area contributed by atoms with Crippen LogP contribution in [0.25, 0.3) is 0 Å². The van der Waals surface area contributed by atoms with Gasteiger partial charge in [0.05, 0.1) is 22.8 Å². The van der Waals surface area contributed by atoms with Gasteiger partial charge in [0.2, 0.25) is 5.91 Å². The summed E-state index contributed by atoms with van der Waals surface area (Å²) in [5.74, 6) is 0.240. The summed E-state index contributed by atoms with van der Waals surface area (Å²) in [7, 11) is 0. The molecule has 0 unspecified atom stereocenters. The summed E-state index contributed by atoms with van der Waals surface area (Å²) in [5, 5.41) is 8.67. The lowest BCUT2D eigenvalue weighted by atomic mass is 10.1. The molecule has 0 aromatic heterocycles. The molecule has 0 spiro atoms. The van der Waals surface area contributed by atoms with Crippen LogP contribution in [0, 0.1) is 0 Å². The van der Waals surface area contributed by atoms with Crippen molar-refractivity contribution in [3.8, 4) is 0 Å².